The third-order valence-corrected chi connectivity index (χ3v) is 10.8. The number of carbonyl (C=O) groups excluding carboxylic acids is 1. The van der Waals surface area contributed by atoms with Gasteiger partial charge in [-0.1, -0.05) is 94.9 Å². The summed E-state index contributed by atoms with van der Waals surface area (Å²) in [6.07, 6.45) is 0.148. The van der Waals surface area contributed by atoms with Crippen molar-refractivity contribution < 1.29 is 9.22 Å². The first-order valence-electron chi connectivity index (χ1n) is 10.8. The van der Waals surface area contributed by atoms with Gasteiger partial charge in [-0.3, -0.25) is 4.79 Å². The molecule has 2 aromatic carbocycles. The van der Waals surface area contributed by atoms with Crippen LogP contribution < -0.4 is 10.4 Å². The molecule has 0 saturated heterocycles. The SMILES string of the molecule is C=C(C)C(=O)CC(CN(C)CC)O[Si](c1ccccc1)(c1ccccc1)C(C)(C)C. The first-order valence-corrected chi connectivity index (χ1v) is 12.7. The lowest BCUT2D eigenvalue weighted by atomic mass is 10.1. The number of likely N-dealkylation sites (N-methyl/N-ethyl adjacent to an activating group) is 1. The number of hydrogen-bond donors (Lipinski definition) is 0. The number of nitrogens with zero attached hydrogens (tertiary/aromatic N) is 1. The summed E-state index contributed by atoms with van der Waals surface area (Å²) < 4.78 is 7.20. The van der Waals surface area contributed by atoms with Crippen LogP contribution in [0.1, 0.15) is 41.0 Å². The van der Waals surface area contributed by atoms with E-state index in [0.29, 0.717) is 18.5 Å². The van der Waals surface area contributed by atoms with Gasteiger partial charge in [0.25, 0.3) is 8.32 Å². The van der Waals surface area contributed by atoms with Crippen LogP contribution in [0, 0.1) is 0 Å². The van der Waals surface area contributed by atoms with Crippen LogP contribution in [0.4, 0.5) is 0 Å². The summed E-state index contributed by atoms with van der Waals surface area (Å²) in [5, 5.41) is 2.34. The van der Waals surface area contributed by atoms with Crippen molar-refractivity contribution in [2.45, 2.75) is 52.2 Å². The Bertz CT molecular complexity index is 788. The van der Waals surface area contributed by atoms with Gasteiger partial charge < -0.3 is 9.33 Å². The molecule has 30 heavy (non-hydrogen) atoms. The summed E-state index contributed by atoms with van der Waals surface area (Å²) in [5.41, 5.74) is 0.588. The lowest BCUT2D eigenvalue weighted by molar-refractivity contribution is -0.117. The van der Waals surface area contributed by atoms with E-state index in [0.717, 1.165) is 6.54 Å². The van der Waals surface area contributed by atoms with Gasteiger partial charge in [-0.2, -0.15) is 0 Å². The standard InChI is InChI=1S/C26H37NO2Si/c1-8-27(7)20-22(19-25(28)21(2)3)29-30(26(4,5)6,23-15-11-9-12-16-23)24-17-13-10-14-18-24/h9-18,22H,2,8,19-20H2,1,3-7H3. The molecule has 4 heteroatoms. The fourth-order valence-electron chi connectivity index (χ4n) is 3.94. The first-order chi connectivity index (χ1) is 14.1. The number of ketones is 1. The topological polar surface area (TPSA) is 29.5 Å². The molecule has 0 aromatic heterocycles. The highest BCUT2D eigenvalue weighted by molar-refractivity contribution is 6.99. The largest absolute Gasteiger partial charge is 0.403 e. The molecule has 0 N–H and O–H groups in total. The van der Waals surface area contributed by atoms with Gasteiger partial charge in [0.2, 0.25) is 0 Å². The zero-order valence-electron chi connectivity index (χ0n) is 19.4. The van der Waals surface area contributed by atoms with Crippen molar-refractivity contribution in [1.29, 1.82) is 0 Å². The molecular weight excluding hydrogens is 386 g/mol. The second kappa shape index (κ2) is 10.3. The highest BCUT2D eigenvalue weighted by Gasteiger charge is 2.51. The van der Waals surface area contributed by atoms with Gasteiger partial charge in [0.1, 0.15) is 0 Å². The van der Waals surface area contributed by atoms with Crippen LogP contribution in [0.2, 0.25) is 5.04 Å². The fourth-order valence-corrected chi connectivity index (χ4v) is 8.62. The van der Waals surface area contributed by atoms with Crippen molar-refractivity contribution in [2.75, 3.05) is 20.1 Å². The van der Waals surface area contributed by atoms with Crippen molar-refractivity contribution in [2.24, 2.45) is 0 Å². The second-order valence-corrected chi connectivity index (χ2v) is 13.4. The van der Waals surface area contributed by atoms with Gasteiger partial charge >= 0.3 is 0 Å². The van der Waals surface area contributed by atoms with Crippen molar-refractivity contribution >= 4 is 24.5 Å². The van der Waals surface area contributed by atoms with E-state index in [-0.39, 0.29) is 16.9 Å². The minimum absolute atomic E-state index is 0.0717. The fraction of sp³-hybridized carbons (Fsp3) is 0.423. The molecule has 2 rings (SSSR count). The van der Waals surface area contributed by atoms with E-state index in [1.807, 2.05) is 12.1 Å². The van der Waals surface area contributed by atoms with E-state index in [4.69, 9.17) is 4.43 Å². The number of benzene rings is 2. The van der Waals surface area contributed by atoms with Crippen molar-refractivity contribution in [3.63, 3.8) is 0 Å². The maximum absolute atomic E-state index is 12.6. The van der Waals surface area contributed by atoms with Gasteiger partial charge in [0, 0.05) is 13.0 Å². The molecule has 0 radical (unpaired) electrons. The van der Waals surface area contributed by atoms with Crippen LogP contribution in [0.15, 0.2) is 72.8 Å². The van der Waals surface area contributed by atoms with Gasteiger partial charge in [-0.15, -0.1) is 0 Å². The molecule has 0 aliphatic heterocycles. The van der Waals surface area contributed by atoms with Gasteiger partial charge in [0.05, 0.1) is 6.10 Å². The lowest BCUT2D eigenvalue weighted by Crippen LogP contribution is -2.68. The van der Waals surface area contributed by atoms with Gasteiger partial charge in [-0.05, 0) is 41.5 Å². The minimum Gasteiger partial charge on any atom is -0.403 e. The Morgan fingerprint density at radius 3 is 1.87 bits per heavy atom. The smallest absolute Gasteiger partial charge is 0.261 e. The van der Waals surface area contributed by atoms with E-state index < -0.39 is 8.32 Å². The van der Waals surface area contributed by atoms with Crippen molar-refractivity contribution in [3.05, 3.63) is 72.8 Å². The third kappa shape index (κ3) is 5.57. The average molecular weight is 424 g/mol. The Labute approximate surface area is 183 Å². The molecule has 2 aromatic rings. The molecule has 0 aliphatic carbocycles. The molecule has 0 spiro atoms. The van der Waals surface area contributed by atoms with E-state index in [1.165, 1.54) is 10.4 Å². The van der Waals surface area contributed by atoms with Crippen LogP contribution >= 0.6 is 0 Å². The van der Waals surface area contributed by atoms with Gasteiger partial charge in [-0.25, -0.2) is 0 Å². The number of hydrogen-bond acceptors (Lipinski definition) is 3. The lowest BCUT2D eigenvalue weighted by Gasteiger charge is -2.45. The normalized spacial score (nSPS) is 13.3. The monoisotopic (exact) mass is 423 g/mol. The van der Waals surface area contributed by atoms with Gasteiger partial charge in [0.15, 0.2) is 5.78 Å². The summed E-state index contributed by atoms with van der Waals surface area (Å²) in [6, 6.07) is 21.2. The molecular formula is C26H37NO2Si. The molecule has 3 nitrogen and oxygen atoms in total. The summed E-state index contributed by atoms with van der Waals surface area (Å²) in [7, 11) is -0.626. The highest BCUT2D eigenvalue weighted by atomic mass is 28.4. The predicted molar refractivity (Wildman–Crippen MR) is 130 cm³/mol. The van der Waals surface area contributed by atoms with Crippen LogP contribution in [0.3, 0.4) is 0 Å². The van der Waals surface area contributed by atoms with E-state index in [1.54, 1.807) is 6.92 Å². The zero-order chi connectivity index (χ0) is 22.4. The molecule has 0 heterocycles. The first kappa shape index (κ1) is 24.3. The maximum atomic E-state index is 12.6. The highest BCUT2D eigenvalue weighted by Crippen LogP contribution is 2.38. The summed E-state index contributed by atoms with van der Waals surface area (Å²) in [5.74, 6) is 0.0717. The van der Waals surface area contributed by atoms with Crippen LogP contribution in [0.5, 0.6) is 0 Å². The summed E-state index contributed by atoms with van der Waals surface area (Å²) in [4.78, 5) is 14.9. The predicted octanol–water partition coefficient (Wildman–Crippen LogP) is 4.42. The Morgan fingerprint density at radius 1 is 1.03 bits per heavy atom. The van der Waals surface area contributed by atoms with E-state index >= 15 is 0 Å². The third-order valence-electron chi connectivity index (χ3n) is 5.70. The molecule has 1 atom stereocenters. The molecule has 0 amide bonds. The second-order valence-electron chi connectivity index (χ2n) is 9.17. The molecule has 0 saturated carbocycles. The Kier molecular flexibility index (Phi) is 8.36. The number of rotatable bonds is 10. The van der Waals surface area contributed by atoms with Crippen LogP contribution in [0.25, 0.3) is 0 Å². The average Bonchev–Trinajstić information content (AvgIpc) is 2.71. The maximum Gasteiger partial charge on any atom is 0.261 e. The molecule has 0 fully saturated rings. The van der Waals surface area contributed by atoms with E-state index in [2.05, 4.69) is 94.8 Å². The Hall–Kier alpha value is -2.01. The number of Topliss-reactive ketones (excluding diaryl/α,β-unsaturated/α-hetero) is 1. The molecule has 0 bridgehead atoms. The number of carbonyl (C=O) groups is 1. The van der Waals surface area contributed by atoms with Crippen molar-refractivity contribution in [1.82, 2.24) is 4.90 Å². The Balaban J connectivity index is 2.64. The summed E-state index contributed by atoms with van der Waals surface area (Å²) >= 11 is 0. The number of allylic oxidation sites excluding steroid dienone is 1. The van der Waals surface area contributed by atoms with Crippen LogP contribution in [-0.4, -0.2) is 45.2 Å². The molecule has 1 unspecified atom stereocenters. The van der Waals surface area contributed by atoms with Crippen LogP contribution in [-0.2, 0) is 9.22 Å². The molecule has 0 aliphatic rings. The minimum atomic E-state index is -2.70. The zero-order valence-corrected chi connectivity index (χ0v) is 20.4. The summed E-state index contributed by atoms with van der Waals surface area (Å²) in [6.45, 7) is 16.2. The van der Waals surface area contributed by atoms with Crippen molar-refractivity contribution in [3.8, 4) is 0 Å². The molecule has 162 valence electrons. The van der Waals surface area contributed by atoms with E-state index in [9.17, 15) is 4.79 Å². The Morgan fingerprint density at radius 2 is 1.50 bits per heavy atom. The quantitative estimate of drug-likeness (QED) is 0.418.